The molecule has 0 bridgehead atoms. The fraction of sp³-hybridized carbons (Fsp3) is 0.476. The fourth-order valence-electron chi connectivity index (χ4n) is 4.25. The smallest absolute Gasteiger partial charge is 0.312 e. The average molecular weight is 381 g/mol. The van der Waals surface area contributed by atoms with Crippen molar-refractivity contribution in [1.29, 1.82) is 0 Å². The minimum Gasteiger partial charge on any atom is -0.312 e. The molecule has 4 rings (SSSR count). The number of aryl methyl sites for hydroxylation is 3. The molecular formula is C21H27N5O2. The Morgan fingerprint density at radius 2 is 1.79 bits per heavy atom. The quantitative estimate of drug-likeness (QED) is 0.700. The predicted octanol–water partition coefficient (Wildman–Crippen LogP) is 2.71. The van der Waals surface area contributed by atoms with E-state index >= 15 is 0 Å². The summed E-state index contributed by atoms with van der Waals surface area (Å²) in [5, 5.41) is 0. The lowest BCUT2D eigenvalue weighted by Gasteiger charge is -2.33. The second-order valence-electron chi connectivity index (χ2n) is 8.05. The van der Waals surface area contributed by atoms with Crippen molar-refractivity contribution in [2.24, 2.45) is 13.0 Å². The summed E-state index contributed by atoms with van der Waals surface area (Å²) in [5.74, 6) is 1.08. The standard InChI is InChI=1S/C21H27N5O2/c1-6-7-24-19(27)17-18(23(5)21(24)28)22-20-25(11-15(4)12-26(17)20)16-9-13(2)8-14(3)10-16/h8-10,15H,6-7,11-12H2,1-5H3. The van der Waals surface area contributed by atoms with E-state index in [4.69, 9.17) is 4.98 Å². The van der Waals surface area contributed by atoms with Gasteiger partial charge >= 0.3 is 5.69 Å². The Morgan fingerprint density at radius 1 is 1.11 bits per heavy atom. The van der Waals surface area contributed by atoms with Gasteiger partial charge in [-0.15, -0.1) is 0 Å². The SMILES string of the molecule is CCCn1c(=O)c2c(nc3n2CC(C)CN3c2cc(C)cc(C)c2)n(C)c1=O. The molecule has 3 aromatic rings. The Balaban J connectivity index is 2.02. The van der Waals surface area contributed by atoms with Crippen LogP contribution in [0.5, 0.6) is 0 Å². The van der Waals surface area contributed by atoms with Crippen molar-refractivity contribution >= 4 is 22.8 Å². The maximum atomic E-state index is 13.2. The molecular weight excluding hydrogens is 354 g/mol. The molecule has 0 spiro atoms. The van der Waals surface area contributed by atoms with Crippen LogP contribution in [0.2, 0.25) is 0 Å². The van der Waals surface area contributed by atoms with Crippen LogP contribution in [0.15, 0.2) is 27.8 Å². The summed E-state index contributed by atoms with van der Waals surface area (Å²) < 4.78 is 4.83. The average Bonchev–Trinajstić information content (AvgIpc) is 3.01. The van der Waals surface area contributed by atoms with Crippen LogP contribution in [0, 0.1) is 19.8 Å². The van der Waals surface area contributed by atoms with E-state index in [-0.39, 0.29) is 11.2 Å². The molecule has 2 aromatic heterocycles. The third-order valence-electron chi connectivity index (χ3n) is 5.41. The number of aromatic nitrogens is 4. The minimum atomic E-state index is -0.305. The Labute approximate surface area is 163 Å². The molecule has 3 heterocycles. The van der Waals surface area contributed by atoms with E-state index in [2.05, 4.69) is 43.9 Å². The number of hydrogen-bond donors (Lipinski definition) is 0. The van der Waals surface area contributed by atoms with Gasteiger partial charge in [0.05, 0.1) is 0 Å². The number of fused-ring (bicyclic) bond motifs is 3. The Kier molecular flexibility index (Phi) is 4.40. The first-order chi connectivity index (χ1) is 13.3. The van der Waals surface area contributed by atoms with Crippen molar-refractivity contribution in [2.75, 3.05) is 11.4 Å². The number of benzene rings is 1. The number of imidazole rings is 1. The molecule has 0 aliphatic carbocycles. The zero-order chi connectivity index (χ0) is 20.2. The Hall–Kier alpha value is -2.83. The molecule has 1 aliphatic rings. The lowest BCUT2D eigenvalue weighted by atomic mass is 10.1. The maximum absolute atomic E-state index is 13.2. The molecule has 7 nitrogen and oxygen atoms in total. The largest absolute Gasteiger partial charge is 0.332 e. The lowest BCUT2D eigenvalue weighted by Crippen LogP contribution is -2.40. The van der Waals surface area contributed by atoms with Crippen LogP contribution in [0.3, 0.4) is 0 Å². The summed E-state index contributed by atoms with van der Waals surface area (Å²) in [5.41, 5.74) is 3.88. The van der Waals surface area contributed by atoms with Gasteiger partial charge in [-0.1, -0.05) is 19.9 Å². The molecule has 7 heteroatoms. The van der Waals surface area contributed by atoms with Crippen LogP contribution in [-0.4, -0.2) is 25.2 Å². The molecule has 28 heavy (non-hydrogen) atoms. The maximum Gasteiger partial charge on any atom is 0.332 e. The van der Waals surface area contributed by atoms with Crippen LogP contribution in [0.4, 0.5) is 11.6 Å². The Morgan fingerprint density at radius 3 is 2.43 bits per heavy atom. The number of anilines is 2. The van der Waals surface area contributed by atoms with Crippen molar-refractivity contribution in [1.82, 2.24) is 18.7 Å². The van der Waals surface area contributed by atoms with Crippen molar-refractivity contribution in [3.63, 3.8) is 0 Å². The number of hydrogen-bond acceptors (Lipinski definition) is 4. The van der Waals surface area contributed by atoms with Gasteiger partial charge in [-0.25, -0.2) is 4.79 Å². The summed E-state index contributed by atoms with van der Waals surface area (Å²) in [6, 6.07) is 6.43. The van der Waals surface area contributed by atoms with Crippen molar-refractivity contribution in [3.05, 3.63) is 50.2 Å². The zero-order valence-corrected chi connectivity index (χ0v) is 17.2. The molecule has 148 valence electrons. The van der Waals surface area contributed by atoms with E-state index in [1.165, 1.54) is 20.3 Å². The van der Waals surface area contributed by atoms with Gasteiger partial charge in [-0.2, -0.15) is 4.98 Å². The molecule has 0 amide bonds. The van der Waals surface area contributed by atoms with E-state index in [0.717, 1.165) is 24.6 Å². The monoisotopic (exact) mass is 381 g/mol. The third-order valence-corrected chi connectivity index (χ3v) is 5.41. The first-order valence-electron chi connectivity index (χ1n) is 9.87. The van der Waals surface area contributed by atoms with Gasteiger partial charge in [0.15, 0.2) is 11.2 Å². The highest BCUT2D eigenvalue weighted by Crippen LogP contribution is 2.33. The summed E-state index contributed by atoms with van der Waals surface area (Å²) in [4.78, 5) is 32.8. The number of rotatable bonds is 3. The predicted molar refractivity (Wildman–Crippen MR) is 112 cm³/mol. The molecule has 0 saturated heterocycles. The van der Waals surface area contributed by atoms with Crippen LogP contribution < -0.4 is 16.1 Å². The molecule has 1 atom stereocenters. The van der Waals surface area contributed by atoms with E-state index in [0.29, 0.717) is 30.2 Å². The summed E-state index contributed by atoms with van der Waals surface area (Å²) in [6.07, 6.45) is 0.729. The van der Waals surface area contributed by atoms with Gasteiger partial charge in [0.2, 0.25) is 5.95 Å². The third kappa shape index (κ3) is 2.77. The second-order valence-corrected chi connectivity index (χ2v) is 8.05. The molecule has 0 N–H and O–H groups in total. The molecule has 0 radical (unpaired) electrons. The molecule has 0 fully saturated rings. The van der Waals surface area contributed by atoms with E-state index < -0.39 is 0 Å². The number of nitrogens with zero attached hydrogens (tertiary/aromatic N) is 5. The summed E-state index contributed by atoms with van der Waals surface area (Å²) >= 11 is 0. The van der Waals surface area contributed by atoms with Crippen LogP contribution in [-0.2, 0) is 20.1 Å². The van der Waals surface area contributed by atoms with Gasteiger partial charge in [-0.05, 0) is 49.4 Å². The van der Waals surface area contributed by atoms with E-state index in [1.54, 1.807) is 7.05 Å². The normalized spacial score (nSPS) is 16.6. The summed E-state index contributed by atoms with van der Waals surface area (Å²) in [6.45, 7) is 10.3. The van der Waals surface area contributed by atoms with Gasteiger partial charge in [0.25, 0.3) is 5.56 Å². The zero-order valence-electron chi connectivity index (χ0n) is 17.2. The van der Waals surface area contributed by atoms with E-state index in [9.17, 15) is 9.59 Å². The minimum absolute atomic E-state index is 0.242. The highest BCUT2D eigenvalue weighted by Gasteiger charge is 2.29. The van der Waals surface area contributed by atoms with Crippen molar-refractivity contribution < 1.29 is 0 Å². The molecule has 0 saturated carbocycles. The van der Waals surface area contributed by atoms with Gasteiger partial charge in [0.1, 0.15) is 0 Å². The first kappa shape index (κ1) is 18.5. The van der Waals surface area contributed by atoms with Gasteiger partial charge in [-0.3, -0.25) is 13.9 Å². The van der Waals surface area contributed by atoms with Crippen LogP contribution in [0.1, 0.15) is 31.4 Å². The van der Waals surface area contributed by atoms with Crippen LogP contribution >= 0.6 is 0 Å². The second kappa shape index (κ2) is 6.65. The van der Waals surface area contributed by atoms with Gasteiger partial charge in [0, 0.05) is 32.4 Å². The fourth-order valence-corrected chi connectivity index (χ4v) is 4.25. The first-order valence-corrected chi connectivity index (χ1v) is 9.87. The molecule has 1 aliphatic heterocycles. The summed E-state index contributed by atoms with van der Waals surface area (Å²) in [7, 11) is 1.69. The van der Waals surface area contributed by atoms with Crippen LogP contribution in [0.25, 0.3) is 11.2 Å². The highest BCUT2D eigenvalue weighted by molar-refractivity contribution is 5.77. The highest BCUT2D eigenvalue weighted by atomic mass is 16.2. The van der Waals surface area contributed by atoms with Gasteiger partial charge < -0.3 is 9.47 Å². The van der Waals surface area contributed by atoms with Crippen molar-refractivity contribution in [2.45, 2.75) is 47.2 Å². The molecule has 1 aromatic carbocycles. The topological polar surface area (TPSA) is 65.1 Å². The van der Waals surface area contributed by atoms with E-state index in [1.807, 2.05) is 11.5 Å². The lowest BCUT2D eigenvalue weighted by molar-refractivity contribution is 0.457. The Bertz CT molecular complexity index is 1160. The van der Waals surface area contributed by atoms with Crippen molar-refractivity contribution in [3.8, 4) is 0 Å². The molecule has 1 unspecified atom stereocenters.